The number of hydrogen-bond donors (Lipinski definition) is 1. The topological polar surface area (TPSA) is 52.3 Å². The molecule has 1 aromatic rings. The standard InChI is InChI=1S/C11H10F5NO2.ClH/c1-6(18)19-8-4-2-3-7(5-8)9(17)10(12,13)11(14,15)16;/h2-5,9H,17H2,1H3;1H/t9-;/m1./s1. The molecule has 0 fully saturated rings. The van der Waals surface area contributed by atoms with Gasteiger partial charge in [-0.2, -0.15) is 22.0 Å². The highest BCUT2D eigenvalue weighted by Crippen LogP contribution is 2.43. The van der Waals surface area contributed by atoms with Gasteiger partial charge in [0.2, 0.25) is 0 Å². The molecule has 0 aliphatic rings. The van der Waals surface area contributed by atoms with Crippen molar-refractivity contribution in [1.29, 1.82) is 0 Å². The molecule has 0 radical (unpaired) electrons. The first-order chi connectivity index (χ1) is 8.55. The predicted octanol–water partition coefficient (Wildman–Crippen LogP) is 3.23. The molecule has 1 atom stereocenters. The van der Waals surface area contributed by atoms with Gasteiger partial charge >= 0.3 is 18.1 Å². The summed E-state index contributed by atoms with van der Waals surface area (Å²) in [4.78, 5) is 10.7. The second kappa shape index (κ2) is 6.36. The maximum absolute atomic E-state index is 13.0. The lowest BCUT2D eigenvalue weighted by Crippen LogP contribution is -2.45. The summed E-state index contributed by atoms with van der Waals surface area (Å²) >= 11 is 0. The van der Waals surface area contributed by atoms with Crippen molar-refractivity contribution in [3.8, 4) is 5.75 Å². The Bertz CT molecular complexity index is 478. The van der Waals surface area contributed by atoms with E-state index < -0.39 is 29.7 Å². The second-order valence-corrected chi connectivity index (χ2v) is 3.76. The molecule has 0 bridgehead atoms. The second-order valence-electron chi connectivity index (χ2n) is 3.76. The molecule has 0 aliphatic carbocycles. The van der Waals surface area contributed by atoms with Crippen LogP contribution in [-0.4, -0.2) is 18.1 Å². The number of hydrogen-bond acceptors (Lipinski definition) is 3. The zero-order valence-corrected chi connectivity index (χ0v) is 10.9. The van der Waals surface area contributed by atoms with Gasteiger partial charge in [0.25, 0.3) is 0 Å². The zero-order valence-electron chi connectivity index (χ0n) is 10.1. The van der Waals surface area contributed by atoms with Crippen molar-refractivity contribution in [2.45, 2.75) is 25.1 Å². The number of carbonyl (C=O) groups is 1. The van der Waals surface area contributed by atoms with Gasteiger partial charge in [-0.15, -0.1) is 12.4 Å². The fourth-order valence-electron chi connectivity index (χ4n) is 1.32. The van der Waals surface area contributed by atoms with Gasteiger partial charge in [0.15, 0.2) is 0 Å². The smallest absolute Gasteiger partial charge is 0.427 e. The molecule has 0 spiro atoms. The Hall–Kier alpha value is -1.41. The summed E-state index contributed by atoms with van der Waals surface area (Å²) in [5, 5.41) is 0. The Kier molecular flexibility index (Phi) is 5.91. The van der Waals surface area contributed by atoms with E-state index in [1.165, 1.54) is 12.1 Å². The number of halogens is 6. The predicted molar refractivity (Wildman–Crippen MR) is 62.9 cm³/mol. The highest BCUT2D eigenvalue weighted by atomic mass is 35.5. The number of carbonyl (C=O) groups excluding carboxylic acids is 1. The van der Waals surface area contributed by atoms with E-state index in [1.807, 2.05) is 0 Å². The van der Waals surface area contributed by atoms with Crippen molar-refractivity contribution in [3.63, 3.8) is 0 Å². The average molecular weight is 320 g/mol. The molecule has 0 aliphatic heterocycles. The number of alkyl halides is 5. The van der Waals surface area contributed by atoms with Crippen LogP contribution in [0.25, 0.3) is 0 Å². The fraction of sp³-hybridized carbons (Fsp3) is 0.364. The Morgan fingerprint density at radius 3 is 2.25 bits per heavy atom. The van der Waals surface area contributed by atoms with Gasteiger partial charge in [-0.1, -0.05) is 12.1 Å². The van der Waals surface area contributed by atoms with E-state index in [-0.39, 0.29) is 18.2 Å². The van der Waals surface area contributed by atoms with Crippen molar-refractivity contribution in [1.82, 2.24) is 0 Å². The number of benzene rings is 1. The van der Waals surface area contributed by atoms with Crippen molar-refractivity contribution in [2.75, 3.05) is 0 Å². The van der Waals surface area contributed by atoms with E-state index in [0.29, 0.717) is 0 Å². The molecule has 0 saturated carbocycles. The number of rotatable bonds is 3. The molecule has 1 rings (SSSR count). The summed E-state index contributed by atoms with van der Waals surface area (Å²) < 4.78 is 67.2. The first-order valence-electron chi connectivity index (χ1n) is 5.04. The van der Waals surface area contributed by atoms with Gasteiger partial charge in [0.1, 0.15) is 11.8 Å². The molecule has 0 aromatic heterocycles. The Morgan fingerprint density at radius 2 is 1.80 bits per heavy atom. The monoisotopic (exact) mass is 319 g/mol. The van der Waals surface area contributed by atoms with E-state index >= 15 is 0 Å². The van der Waals surface area contributed by atoms with Crippen LogP contribution in [0.1, 0.15) is 18.5 Å². The van der Waals surface area contributed by atoms with Gasteiger partial charge in [0.05, 0.1) is 0 Å². The van der Waals surface area contributed by atoms with Crippen LogP contribution in [-0.2, 0) is 4.79 Å². The molecule has 20 heavy (non-hydrogen) atoms. The first kappa shape index (κ1) is 18.6. The molecule has 0 heterocycles. The summed E-state index contributed by atoms with van der Waals surface area (Å²) in [5.41, 5.74) is 4.46. The van der Waals surface area contributed by atoms with Gasteiger partial charge < -0.3 is 10.5 Å². The van der Waals surface area contributed by atoms with Crippen molar-refractivity contribution in [2.24, 2.45) is 5.73 Å². The average Bonchev–Trinajstić information content (AvgIpc) is 2.25. The van der Waals surface area contributed by atoms with Crippen LogP contribution in [0.5, 0.6) is 5.75 Å². The molecule has 0 unspecified atom stereocenters. The first-order valence-corrected chi connectivity index (χ1v) is 5.04. The maximum atomic E-state index is 13.0. The van der Waals surface area contributed by atoms with Crippen molar-refractivity contribution < 1.29 is 31.5 Å². The SMILES string of the molecule is CC(=O)Oc1cccc([C@@H](N)C(F)(F)C(F)(F)F)c1.Cl. The van der Waals surface area contributed by atoms with Gasteiger partial charge in [0, 0.05) is 6.92 Å². The van der Waals surface area contributed by atoms with Crippen LogP contribution in [0, 0.1) is 0 Å². The summed E-state index contributed by atoms with van der Waals surface area (Å²) in [6.45, 7) is 1.07. The lowest BCUT2D eigenvalue weighted by Gasteiger charge is -2.26. The third-order valence-corrected chi connectivity index (χ3v) is 2.25. The van der Waals surface area contributed by atoms with Gasteiger partial charge in [-0.3, -0.25) is 4.79 Å². The van der Waals surface area contributed by atoms with E-state index in [0.717, 1.165) is 19.1 Å². The Labute approximate surface area is 117 Å². The largest absolute Gasteiger partial charge is 0.455 e. The van der Waals surface area contributed by atoms with Crippen molar-refractivity contribution in [3.05, 3.63) is 29.8 Å². The molecule has 114 valence electrons. The van der Waals surface area contributed by atoms with Gasteiger partial charge in [-0.05, 0) is 17.7 Å². The molecule has 0 saturated heterocycles. The highest BCUT2D eigenvalue weighted by Gasteiger charge is 2.61. The third kappa shape index (κ3) is 4.04. The quantitative estimate of drug-likeness (QED) is 0.529. The van der Waals surface area contributed by atoms with Crippen molar-refractivity contribution >= 4 is 18.4 Å². The van der Waals surface area contributed by atoms with Crippen LogP contribution < -0.4 is 10.5 Å². The van der Waals surface area contributed by atoms with Crippen LogP contribution in [0.15, 0.2) is 24.3 Å². The molecule has 1 aromatic carbocycles. The lowest BCUT2D eigenvalue weighted by atomic mass is 10.0. The number of nitrogens with two attached hydrogens (primary N) is 1. The normalized spacial score (nSPS) is 13.3. The van der Waals surface area contributed by atoms with E-state index in [4.69, 9.17) is 5.73 Å². The molecular weight excluding hydrogens is 309 g/mol. The summed E-state index contributed by atoms with van der Waals surface area (Å²) in [5.74, 6) is -5.96. The summed E-state index contributed by atoms with van der Waals surface area (Å²) in [6.07, 6.45) is -5.76. The number of ether oxygens (including phenoxy) is 1. The minimum atomic E-state index is -5.76. The van der Waals surface area contributed by atoms with Crippen LogP contribution in [0.4, 0.5) is 22.0 Å². The third-order valence-electron chi connectivity index (χ3n) is 2.25. The van der Waals surface area contributed by atoms with Crippen LogP contribution >= 0.6 is 12.4 Å². The van der Waals surface area contributed by atoms with Crippen LogP contribution in [0.2, 0.25) is 0 Å². The van der Waals surface area contributed by atoms with E-state index in [1.54, 1.807) is 0 Å². The summed E-state index contributed by atoms with van der Waals surface area (Å²) in [6, 6.07) is 1.69. The minimum Gasteiger partial charge on any atom is -0.427 e. The molecule has 3 nitrogen and oxygen atoms in total. The molecule has 9 heteroatoms. The fourth-order valence-corrected chi connectivity index (χ4v) is 1.32. The molecule has 2 N–H and O–H groups in total. The van der Waals surface area contributed by atoms with Crippen LogP contribution in [0.3, 0.4) is 0 Å². The van der Waals surface area contributed by atoms with E-state index in [9.17, 15) is 26.7 Å². The van der Waals surface area contributed by atoms with Gasteiger partial charge in [-0.25, -0.2) is 0 Å². The zero-order chi connectivity index (χ0) is 14.8. The maximum Gasteiger partial charge on any atom is 0.455 e. The molecular formula is C11H11ClF5NO2. The molecule has 0 amide bonds. The Balaban J connectivity index is 0.00000361. The van der Waals surface area contributed by atoms with E-state index in [2.05, 4.69) is 4.74 Å². The highest BCUT2D eigenvalue weighted by molar-refractivity contribution is 5.85. The summed E-state index contributed by atoms with van der Waals surface area (Å²) in [7, 11) is 0. The minimum absolute atomic E-state index is 0. The Morgan fingerprint density at radius 1 is 1.25 bits per heavy atom. The number of esters is 1. The lowest BCUT2D eigenvalue weighted by molar-refractivity contribution is -0.291.